The number of nitrogens with one attached hydrogen (secondary N) is 1. The molecule has 116 valence electrons. The molecule has 0 aromatic carbocycles. The third-order valence-electron chi connectivity index (χ3n) is 2.89. The minimum atomic E-state index is -1.57. The Balaban J connectivity index is 2.40. The van der Waals surface area contributed by atoms with Gasteiger partial charge in [0.2, 0.25) is 11.9 Å². The van der Waals surface area contributed by atoms with Crippen molar-refractivity contribution in [3.8, 4) is 0 Å². The van der Waals surface area contributed by atoms with E-state index in [9.17, 15) is 19.8 Å². The molecule has 1 aromatic heterocycles. The summed E-state index contributed by atoms with van der Waals surface area (Å²) in [7, 11) is 0. The van der Waals surface area contributed by atoms with E-state index < -0.39 is 54.8 Å². The molecule has 1 saturated heterocycles. The number of nitrogens with zero attached hydrogens (tertiary/aromatic N) is 3. The summed E-state index contributed by atoms with van der Waals surface area (Å²) in [6.45, 7) is -0.593. The molecule has 2 rings (SSSR count). The highest BCUT2D eigenvalue weighted by Crippen LogP contribution is 2.26. The van der Waals surface area contributed by atoms with Crippen LogP contribution in [0.4, 0.5) is 16.7 Å². The number of aliphatic hydroxyl groups is 3. The zero-order chi connectivity index (χ0) is 15.7. The summed E-state index contributed by atoms with van der Waals surface area (Å²) in [4.78, 5) is 32.4. The van der Waals surface area contributed by atoms with Crippen LogP contribution in [0.25, 0.3) is 0 Å². The lowest BCUT2D eigenvalue weighted by Gasteiger charge is -2.27. The fourth-order valence-corrected chi connectivity index (χ4v) is 1.95. The van der Waals surface area contributed by atoms with Gasteiger partial charge in [0.1, 0.15) is 18.3 Å². The average Bonchev–Trinajstić information content (AvgIpc) is 2.65. The molecule has 0 aliphatic carbocycles. The maximum Gasteiger partial charge on any atom is 0.351 e. The quantitative estimate of drug-likeness (QED) is 0.322. The average molecular weight is 302 g/mol. The zero-order valence-corrected chi connectivity index (χ0v) is 10.6. The molecule has 8 N–H and O–H groups in total. The molecule has 0 radical (unpaired) electrons. The van der Waals surface area contributed by atoms with Crippen molar-refractivity contribution in [2.75, 3.05) is 17.2 Å². The van der Waals surface area contributed by atoms with Crippen LogP contribution in [0.3, 0.4) is 0 Å². The molecule has 1 fully saturated rings. The van der Waals surface area contributed by atoms with Crippen LogP contribution in [0.5, 0.6) is 0 Å². The summed E-state index contributed by atoms with van der Waals surface area (Å²) in [5.74, 6) is -0.832. The minimum absolute atomic E-state index is 0.408. The van der Waals surface area contributed by atoms with E-state index in [0.717, 1.165) is 0 Å². The molecule has 4 unspecified atom stereocenters. The number of hydrogen-bond acceptors (Lipinski definition) is 9. The number of carbonyl (C=O) groups excluding carboxylic acids is 1. The Morgan fingerprint density at radius 2 is 2.05 bits per heavy atom. The molecule has 0 bridgehead atoms. The monoisotopic (exact) mass is 302 g/mol. The van der Waals surface area contributed by atoms with E-state index in [1.165, 1.54) is 0 Å². The number of amides is 2. The van der Waals surface area contributed by atoms with Gasteiger partial charge in [-0.15, -0.1) is 0 Å². The number of H-pyrrole nitrogens is 1. The number of ether oxygens (including phenoxy) is 1. The van der Waals surface area contributed by atoms with E-state index in [2.05, 4.69) is 15.0 Å². The number of aromatic amines is 1. The van der Waals surface area contributed by atoms with E-state index in [1.54, 1.807) is 0 Å². The predicted molar refractivity (Wildman–Crippen MR) is 66.9 cm³/mol. The van der Waals surface area contributed by atoms with Crippen molar-refractivity contribution in [2.45, 2.75) is 24.5 Å². The Bertz CT molecular complexity index is 592. The van der Waals surface area contributed by atoms with Crippen LogP contribution in [0.1, 0.15) is 0 Å². The van der Waals surface area contributed by atoms with Crippen molar-refractivity contribution < 1.29 is 24.9 Å². The van der Waals surface area contributed by atoms with Crippen molar-refractivity contribution in [3.05, 3.63) is 10.5 Å². The fourth-order valence-electron chi connectivity index (χ4n) is 1.95. The van der Waals surface area contributed by atoms with Crippen LogP contribution in [0.15, 0.2) is 4.79 Å². The maximum atomic E-state index is 11.5. The number of hydrogen-bond donors (Lipinski definition) is 6. The topological polar surface area (TPSA) is 201 Å². The number of aliphatic hydroxyl groups excluding tert-OH is 3. The molecular formula is C9H14N6O6. The van der Waals surface area contributed by atoms with Crippen molar-refractivity contribution in [1.29, 1.82) is 0 Å². The third-order valence-corrected chi connectivity index (χ3v) is 2.89. The summed E-state index contributed by atoms with van der Waals surface area (Å²) in [6, 6.07) is -1.13. The second kappa shape index (κ2) is 5.61. The summed E-state index contributed by atoms with van der Waals surface area (Å²) in [6.07, 6.45) is -5.61. The molecule has 0 saturated carbocycles. The van der Waals surface area contributed by atoms with Crippen LogP contribution in [0.2, 0.25) is 0 Å². The van der Waals surface area contributed by atoms with Crippen LogP contribution >= 0.6 is 0 Å². The van der Waals surface area contributed by atoms with Crippen LogP contribution in [0, 0.1) is 0 Å². The number of nitrogen functional groups attached to an aromatic ring is 1. The predicted octanol–water partition coefficient (Wildman–Crippen LogP) is -3.93. The van der Waals surface area contributed by atoms with Gasteiger partial charge in [-0.05, 0) is 0 Å². The first kappa shape index (κ1) is 15.1. The Morgan fingerprint density at radius 1 is 1.38 bits per heavy atom. The standard InChI is InChI=1S/C9H14N6O6/c10-6-12-8(14-9(20)13-6)15(7(11)19)5-4(18)3(17)2(1-16)21-5/h2-5,16-18H,1H2,(H2,11,19)(H3,10,12,13,14,20). The normalized spacial score (nSPS) is 28.5. The summed E-state index contributed by atoms with van der Waals surface area (Å²) in [5, 5.41) is 28.6. The van der Waals surface area contributed by atoms with Gasteiger partial charge in [0, 0.05) is 0 Å². The molecular weight excluding hydrogens is 288 g/mol. The fraction of sp³-hybridized carbons (Fsp3) is 0.556. The van der Waals surface area contributed by atoms with E-state index in [4.69, 9.17) is 21.3 Å². The van der Waals surface area contributed by atoms with Crippen molar-refractivity contribution in [2.24, 2.45) is 5.73 Å². The number of urea groups is 1. The largest absolute Gasteiger partial charge is 0.394 e. The highest BCUT2D eigenvalue weighted by Gasteiger charge is 2.47. The summed E-state index contributed by atoms with van der Waals surface area (Å²) >= 11 is 0. The number of carbonyl (C=O) groups is 1. The smallest absolute Gasteiger partial charge is 0.351 e. The first-order chi connectivity index (χ1) is 9.85. The summed E-state index contributed by atoms with van der Waals surface area (Å²) < 4.78 is 5.14. The zero-order valence-electron chi connectivity index (χ0n) is 10.6. The lowest BCUT2D eigenvalue weighted by atomic mass is 10.1. The molecule has 2 heterocycles. The van der Waals surface area contributed by atoms with E-state index in [1.807, 2.05) is 0 Å². The molecule has 12 nitrogen and oxygen atoms in total. The van der Waals surface area contributed by atoms with E-state index >= 15 is 0 Å². The molecule has 12 heteroatoms. The number of rotatable bonds is 3. The van der Waals surface area contributed by atoms with Crippen molar-refractivity contribution in [1.82, 2.24) is 15.0 Å². The number of anilines is 2. The second-order valence-electron chi connectivity index (χ2n) is 4.27. The molecule has 1 aliphatic heterocycles. The highest BCUT2D eigenvalue weighted by molar-refractivity contribution is 5.89. The number of nitrogens with two attached hydrogens (primary N) is 2. The lowest BCUT2D eigenvalue weighted by molar-refractivity contribution is -0.0205. The van der Waals surface area contributed by atoms with E-state index in [0.29, 0.717) is 4.90 Å². The molecule has 21 heavy (non-hydrogen) atoms. The van der Waals surface area contributed by atoms with Gasteiger partial charge in [0.15, 0.2) is 6.23 Å². The molecule has 4 atom stereocenters. The van der Waals surface area contributed by atoms with Crippen molar-refractivity contribution >= 4 is 17.9 Å². The molecule has 2 amide bonds. The van der Waals surface area contributed by atoms with Gasteiger partial charge in [0.25, 0.3) is 0 Å². The Labute approximate surface area is 117 Å². The van der Waals surface area contributed by atoms with Crippen LogP contribution < -0.4 is 22.1 Å². The van der Waals surface area contributed by atoms with Gasteiger partial charge in [-0.1, -0.05) is 0 Å². The second-order valence-corrected chi connectivity index (χ2v) is 4.27. The molecule has 1 aliphatic rings. The third kappa shape index (κ3) is 2.78. The Morgan fingerprint density at radius 3 is 2.52 bits per heavy atom. The van der Waals surface area contributed by atoms with E-state index in [-0.39, 0.29) is 0 Å². The van der Waals surface area contributed by atoms with Crippen LogP contribution in [-0.4, -0.2) is 67.4 Å². The highest BCUT2D eigenvalue weighted by atomic mass is 16.6. The van der Waals surface area contributed by atoms with Gasteiger partial charge in [0.05, 0.1) is 6.61 Å². The lowest BCUT2D eigenvalue weighted by Crippen LogP contribution is -2.51. The first-order valence-electron chi connectivity index (χ1n) is 5.80. The van der Waals surface area contributed by atoms with Gasteiger partial charge in [-0.2, -0.15) is 9.97 Å². The molecule has 0 spiro atoms. The van der Waals surface area contributed by atoms with Gasteiger partial charge in [-0.25, -0.2) is 14.5 Å². The maximum absolute atomic E-state index is 11.5. The SMILES string of the molecule is NC(=O)N(c1nc(N)nc(=O)[nH]1)C1OC(CO)C(O)C1O. The first-order valence-corrected chi connectivity index (χ1v) is 5.80. The van der Waals surface area contributed by atoms with Crippen molar-refractivity contribution in [3.63, 3.8) is 0 Å². The van der Waals surface area contributed by atoms with Crippen LogP contribution in [-0.2, 0) is 4.74 Å². The van der Waals surface area contributed by atoms with Gasteiger partial charge < -0.3 is 31.5 Å². The Kier molecular flexibility index (Phi) is 4.04. The van der Waals surface area contributed by atoms with Gasteiger partial charge >= 0.3 is 11.7 Å². The van der Waals surface area contributed by atoms with Gasteiger partial charge in [-0.3, -0.25) is 4.98 Å². The minimum Gasteiger partial charge on any atom is -0.394 e. The number of primary amides is 1. The molecule has 1 aromatic rings. The number of aromatic nitrogens is 3. The Hall–Kier alpha value is -2.28. The summed E-state index contributed by atoms with van der Waals surface area (Å²) in [5.41, 5.74) is 9.58.